The topological polar surface area (TPSA) is 12.9 Å². The van der Waals surface area contributed by atoms with Gasteiger partial charge in [0.25, 0.3) is 0 Å². The standard InChI is InChI=1S/C6H5Cl2N.ClH/c7-3-6-2-1-5(8)4-9-6;/h1-2,4H,3H2;1H. The first kappa shape index (κ1) is 10.0. The fourth-order valence-corrected chi connectivity index (χ4v) is 0.755. The van der Waals surface area contributed by atoms with Crippen molar-refractivity contribution in [2.75, 3.05) is 0 Å². The third kappa shape index (κ3) is 2.74. The quantitative estimate of drug-likeness (QED) is 0.632. The fourth-order valence-electron chi connectivity index (χ4n) is 0.485. The highest BCUT2D eigenvalue weighted by atomic mass is 35.5. The molecule has 0 N–H and O–H groups in total. The maximum atomic E-state index is 5.56. The van der Waals surface area contributed by atoms with Crippen LogP contribution in [0.15, 0.2) is 18.3 Å². The lowest BCUT2D eigenvalue weighted by Crippen LogP contribution is -1.81. The van der Waals surface area contributed by atoms with Crippen LogP contribution in [0, 0.1) is 0 Å². The van der Waals surface area contributed by atoms with Crippen molar-refractivity contribution in [3.05, 3.63) is 29.0 Å². The SMILES string of the molecule is Cl.ClCc1ccc(Cl)cn1. The molecule has 1 nitrogen and oxygen atoms in total. The van der Waals surface area contributed by atoms with Gasteiger partial charge in [0.05, 0.1) is 16.6 Å². The summed E-state index contributed by atoms with van der Waals surface area (Å²) in [5.74, 6) is 0.442. The Morgan fingerprint density at radius 2 is 2.10 bits per heavy atom. The van der Waals surface area contributed by atoms with Gasteiger partial charge in [-0.05, 0) is 12.1 Å². The Bertz CT molecular complexity index is 185. The monoisotopic (exact) mass is 197 g/mol. The number of rotatable bonds is 1. The molecule has 1 aromatic rings. The second-order valence-electron chi connectivity index (χ2n) is 1.60. The Balaban J connectivity index is 0.000000810. The highest BCUT2D eigenvalue weighted by molar-refractivity contribution is 6.30. The van der Waals surface area contributed by atoms with Gasteiger partial charge in [0, 0.05) is 6.20 Å². The van der Waals surface area contributed by atoms with E-state index >= 15 is 0 Å². The van der Waals surface area contributed by atoms with Gasteiger partial charge in [-0.25, -0.2) is 0 Å². The van der Waals surface area contributed by atoms with Crippen molar-refractivity contribution in [2.45, 2.75) is 5.88 Å². The van der Waals surface area contributed by atoms with Crippen molar-refractivity contribution in [1.82, 2.24) is 4.98 Å². The van der Waals surface area contributed by atoms with E-state index in [2.05, 4.69) is 4.98 Å². The minimum Gasteiger partial charge on any atom is -0.258 e. The molecule has 10 heavy (non-hydrogen) atoms. The van der Waals surface area contributed by atoms with Crippen LogP contribution in [0.3, 0.4) is 0 Å². The van der Waals surface area contributed by atoms with E-state index in [1.165, 1.54) is 0 Å². The maximum Gasteiger partial charge on any atom is 0.0647 e. The van der Waals surface area contributed by atoms with E-state index in [9.17, 15) is 0 Å². The predicted molar refractivity (Wildman–Crippen MR) is 46.1 cm³/mol. The largest absolute Gasteiger partial charge is 0.258 e. The van der Waals surface area contributed by atoms with E-state index in [4.69, 9.17) is 23.2 Å². The number of hydrogen-bond acceptors (Lipinski definition) is 1. The van der Waals surface area contributed by atoms with Crippen LogP contribution < -0.4 is 0 Å². The summed E-state index contributed by atoms with van der Waals surface area (Å²) in [6.07, 6.45) is 1.58. The Morgan fingerprint density at radius 1 is 1.40 bits per heavy atom. The summed E-state index contributed by atoms with van der Waals surface area (Å²) in [4.78, 5) is 3.93. The molecule has 0 bridgehead atoms. The molecular weight excluding hydrogens is 192 g/mol. The van der Waals surface area contributed by atoms with Gasteiger partial charge < -0.3 is 0 Å². The first-order valence-corrected chi connectivity index (χ1v) is 3.40. The Kier molecular flexibility index (Phi) is 4.79. The van der Waals surface area contributed by atoms with Crippen LogP contribution >= 0.6 is 35.6 Å². The average Bonchev–Trinajstić information content (AvgIpc) is 1.90. The number of aromatic nitrogens is 1. The summed E-state index contributed by atoms with van der Waals surface area (Å²) in [5, 5.41) is 0.642. The van der Waals surface area contributed by atoms with Gasteiger partial charge in [-0.1, -0.05) is 11.6 Å². The molecule has 0 aliphatic carbocycles. The average molecular weight is 198 g/mol. The summed E-state index contributed by atoms with van der Waals surface area (Å²) in [7, 11) is 0. The van der Waals surface area contributed by atoms with Crippen molar-refractivity contribution in [3.63, 3.8) is 0 Å². The molecule has 0 unspecified atom stereocenters. The fraction of sp³-hybridized carbons (Fsp3) is 0.167. The Labute approximate surface area is 75.8 Å². The summed E-state index contributed by atoms with van der Waals surface area (Å²) in [6.45, 7) is 0. The zero-order valence-electron chi connectivity index (χ0n) is 5.05. The van der Waals surface area contributed by atoms with Crippen LogP contribution in [0.2, 0.25) is 5.02 Å². The van der Waals surface area contributed by atoms with Crippen LogP contribution in [0.5, 0.6) is 0 Å². The molecular formula is C6H6Cl3N. The molecule has 0 saturated heterocycles. The third-order valence-corrected chi connectivity index (χ3v) is 1.42. The molecule has 0 atom stereocenters. The van der Waals surface area contributed by atoms with Gasteiger partial charge >= 0.3 is 0 Å². The first-order valence-electron chi connectivity index (χ1n) is 2.49. The van der Waals surface area contributed by atoms with Crippen LogP contribution in [-0.4, -0.2) is 4.98 Å². The van der Waals surface area contributed by atoms with Crippen molar-refractivity contribution >= 4 is 35.6 Å². The number of halogens is 3. The van der Waals surface area contributed by atoms with E-state index < -0.39 is 0 Å². The zero-order chi connectivity index (χ0) is 6.69. The summed E-state index contributed by atoms with van der Waals surface area (Å²) in [6, 6.07) is 3.57. The van der Waals surface area contributed by atoms with E-state index in [-0.39, 0.29) is 12.4 Å². The zero-order valence-corrected chi connectivity index (χ0v) is 7.38. The Hall–Kier alpha value is 0.0200. The van der Waals surface area contributed by atoms with Gasteiger partial charge in [0.2, 0.25) is 0 Å². The molecule has 0 aliphatic rings. The molecule has 1 aromatic heterocycles. The molecule has 1 rings (SSSR count). The van der Waals surface area contributed by atoms with Crippen molar-refractivity contribution in [1.29, 1.82) is 0 Å². The van der Waals surface area contributed by atoms with Crippen LogP contribution in [-0.2, 0) is 5.88 Å². The normalized spacial score (nSPS) is 8.60. The molecule has 0 aliphatic heterocycles. The minimum atomic E-state index is 0. The van der Waals surface area contributed by atoms with Gasteiger partial charge in [-0.3, -0.25) is 4.98 Å². The lowest BCUT2D eigenvalue weighted by atomic mass is 10.4. The van der Waals surface area contributed by atoms with Crippen molar-refractivity contribution in [2.24, 2.45) is 0 Å². The highest BCUT2D eigenvalue weighted by Gasteiger charge is 1.89. The second-order valence-corrected chi connectivity index (χ2v) is 2.31. The lowest BCUT2D eigenvalue weighted by molar-refractivity contribution is 1.17. The third-order valence-electron chi connectivity index (χ3n) is 0.926. The van der Waals surface area contributed by atoms with Gasteiger partial charge in [-0.2, -0.15) is 0 Å². The molecule has 0 fully saturated rings. The van der Waals surface area contributed by atoms with Gasteiger partial charge in [0.1, 0.15) is 0 Å². The van der Waals surface area contributed by atoms with Crippen molar-refractivity contribution < 1.29 is 0 Å². The highest BCUT2D eigenvalue weighted by Crippen LogP contribution is 2.06. The molecule has 4 heteroatoms. The molecule has 1 heterocycles. The van der Waals surface area contributed by atoms with E-state index in [1.807, 2.05) is 0 Å². The van der Waals surface area contributed by atoms with Crippen LogP contribution in [0.4, 0.5) is 0 Å². The summed E-state index contributed by atoms with van der Waals surface area (Å²) >= 11 is 11.0. The number of nitrogens with zero attached hydrogens (tertiary/aromatic N) is 1. The van der Waals surface area contributed by atoms with Crippen molar-refractivity contribution in [3.8, 4) is 0 Å². The molecule has 56 valence electrons. The number of alkyl halides is 1. The maximum absolute atomic E-state index is 5.56. The smallest absolute Gasteiger partial charge is 0.0647 e. The lowest BCUT2D eigenvalue weighted by Gasteiger charge is -1.91. The molecule has 0 saturated carbocycles. The number of hydrogen-bond donors (Lipinski definition) is 0. The first-order chi connectivity index (χ1) is 4.33. The predicted octanol–water partition coefficient (Wildman–Crippen LogP) is 2.90. The van der Waals surface area contributed by atoms with E-state index in [1.54, 1.807) is 18.3 Å². The second kappa shape index (κ2) is 4.78. The summed E-state index contributed by atoms with van der Waals surface area (Å²) in [5.41, 5.74) is 0.848. The minimum absolute atomic E-state index is 0. The van der Waals surface area contributed by atoms with E-state index in [0.717, 1.165) is 5.69 Å². The van der Waals surface area contributed by atoms with E-state index in [0.29, 0.717) is 10.9 Å². The molecule has 0 amide bonds. The molecule has 0 aromatic carbocycles. The van der Waals surface area contributed by atoms with Crippen LogP contribution in [0.1, 0.15) is 5.69 Å². The Morgan fingerprint density at radius 3 is 2.50 bits per heavy atom. The van der Waals surface area contributed by atoms with Gasteiger partial charge in [0.15, 0.2) is 0 Å². The van der Waals surface area contributed by atoms with Gasteiger partial charge in [-0.15, -0.1) is 24.0 Å². The molecule has 0 radical (unpaired) electrons. The summed E-state index contributed by atoms with van der Waals surface area (Å²) < 4.78 is 0. The molecule has 0 spiro atoms. The van der Waals surface area contributed by atoms with Crippen LogP contribution in [0.25, 0.3) is 0 Å². The number of pyridine rings is 1.